The Labute approximate surface area is 151 Å². The highest BCUT2D eigenvalue weighted by Crippen LogP contribution is 2.17. The molecule has 1 aliphatic carbocycles. The molecule has 1 saturated carbocycles. The van der Waals surface area contributed by atoms with Crippen molar-refractivity contribution in [2.75, 3.05) is 20.1 Å². The maximum atomic E-state index is 12.1. The Hall–Kier alpha value is -2.04. The Morgan fingerprint density at radius 1 is 1.16 bits per heavy atom. The van der Waals surface area contributed by atoms with Gasteiger partial charge in [0, 0.05) is 19.6 Å². The number of nitrogens with zero attached hydrogens (tertiary/aromatic N) is 1. The lowest BCUT2D eigenvalue weighted by molar-refractivity contribution is -0.120. The number of amides is 1. The average molecular weight is 345 g/mol. The van der Waals surface area contributed by atoms with E-state index in [0.717, 1.165) is 19.4 Å². The Balaban J connectivity index is 1.70. The van der Waals surface area contributed by atoms with Gasteiger partial charge in [-0.15, -0.1) is 0 Å². The van der Waals surface area contributed by atoms with Gasteiger partial charge in [-0.25, -0.2) is 0 Å². The van der Waals surface area contributed by atoms with E-state index in [-0.39, 0.29) is 12.5 Å². The zero-order valence-corrected chi connectivity index (χ0v) is 15.8. The molecule has 1 atom stereocenters. The van der Waals surface area contributed by atoms with Crippen molar-refractivity contribution in [3.8, 4) is 0 Å². The van der Waals surface area contributed by atoms with Crippen molar-refractivity contribution in [3.63, 3.8) is 0 Å². The minimum absolute atomic E-state index is 0.0430. The molecule has 25 heavy (non-hydrogen) atoms. The first-order valence-electron chi connectivity index (χ1n) is 9.39. The van der Waals surface area contributed by atoms with E-state index in [1.807, 2.05) is 0 Å². The topological polar surface area (TPSA) is 65.5 Å². The van der Waals surface area contributed by atoms with Crippen LogP contribution in [-0.4, -0.2) is 38.0 Å². The van der Waals surface area contributed by atoms with Crippen LogP contribution in [0.2, 0.25) is 0 Å². The predicted octanol–water partition coefficient (Wildman–Crippen LogP) is 2.71. The number of benzene rings is 1. The largest absolute Gasteiger partial charge is 0.356 e. The van der Waals surface area contributed by atoms with E-state index in [1.54, 1.807) is 7.05 Å². The summed E-state index contributed by atoms with van der Waals surface area (Å²) in [6.45, 7) is 5.31. The van der Waals surface area contributed by atoms with Crippen LogP contribution in [0.25, 0.3) is 0 Å². The maximum absolute atomic E-state index is 12.1. The zero-order valence-electron chi connectivity index (χ0n) is 15.8. The van der Waals surface area contributed by atoms with E-state index in [4.69, 9.17) is 0 Å². The van der Waals surface area contributed by atoms with E-state index < -0.39 is 0 Å². The Morgan fingerprint density at radius 2 is 1.84 bits per heavy atom. The molecule has 1 aliphatic rings. The van der Waals surface area contributed by atoms with Crippen LogP contribution in [0, 0.1) is 6.92 Å². The van der Waals surface area contributed by atoms with Gasteiger partial charge in [-0.3, -0.25) is 9.79 Å². The van der Waals surface area contributed by atoms with Gasteiger partial charge in [0.1, 0.15) is 0 Å². The fourth-order valence-corrected chi connectivity index (χ4v) is 3.17. The van der Waals surface area contributed by atoms with Gasteiger partial charge in [0.15, 0.2) is 5.96 Å². The third kappa shape index (κ3) is 6.77. The summed E-state index contributed by atoms with van der Waals surface area (Å²) < 4.78 is 0. The van der Waals surface area contributed by atoms with Crippen molar-refractivity contribution in [3.05, 3.63) is 35.4 Å². The zero-order chi connectivity index (χ0) is 18.1. The molecule has 1 fully saturated rings. The lowest BCUT2D eigenvalue weighted by atomic mass is 9.95. The number of aliphatic imine (C=N–C) groups is 1. The Bertz CT molecular complexity index is 562. The quantitative estimate of drug-likeness (QED) is 0.549. The second-order valence-electron chi connectivity index (χ2n) is 7.02. The fourth-order valence-electron chi connectivity index (χ4n) is 3.17. The molecule has 2 rings (SSSR count). The van der Waals surface area contributed by atoms with Crippen LogP contribution >= 0.6 is 0 Å². The molecule has 0 saturated heterocycles. The molecule has 0 spiro atoms. The third-order valence-corrected chi connectivity index (χ3v) is 4.83. The van der Waals surface area contributed by atoms with Crippen LogP contribution in [0.1, 0.15) is 56.1 Å². The second kappa shape index (κ2) is 10.1. The molecular weight excluding hydrogens is 312 g/mol. The molecule has 0 bridgehead atoms. The molecule has 1 aromatic rings. The van der Waals surface area contributed by atoms with E-state index in [1.165, 1.54) is 30.4 Å². The van der Waals surface area contributed by atoms with Gasteiger partial charge in [0.2, 0.25) is 5.91 Å². The van der Waals surface area contributed by atoms with Crippen LogP contribution in [0.3, 0.4) is 0 Å². The van der Waals surface area contributed by atoms with Gasteiger partial charge in [0.25, 0.3) is 0 Å². The smallest absolute Gasteiger partial charge is 0.239 e. The number of carbonyl (C=O) groups is 1. The van der Waals surface area contributed by atoms with Crippen LogP contribution in [0.5, 0.6) is 0 Å². The molecule has 0 heterocycles. The van der Waals surface area contributed by atoms with E-state index in [2.05, 4.69) is 59.1 Å². The van der Waals surface area contributed by atoms with Crippen LogP contribution in [-0.2, 0) is 4.79 Å². The summed E-state index contributed by atoms with van der Waals surface area (Å²) in [7, 11) is 1.73. The highest BCUT2D eigenvalue weighted by molar-refractivity contribution is 5.86. The minimum Gasteiger partial charge on any atom is -0.356 e. The lowest BCUT2D eigenvalue weighted by Crippen LogP contribution is -2.46. The molecule has 5 heteroatoms. The molecule has 5 nitrogen and oxygen atoms in total. The first-order chi connectivity index (χ1) is 12.1. The number of guanidine groups is 1. The molecule has 1 aromatic carbocycles. The average Bonchev–Trinajstić information content (AvgIpc) is 2.63. The van der Waals surface area contributed by atoms with Gasteiger partial charge in [0.05, 0.1) is 6.54 Å². The van der Waals surface area contributed by atoms with Crippen molar-refractivity contribution < 1.29 is 4.79 Å². The maximum Gasteiger partial charge on any atom is 0.239 e. The molecule has 0 aromatic heterocycles. The van der Waals surface area contributed by atoms with Crippen molar-refractivity contribution >= 4 is 11.9 Å². The molecule has 1 unspecified atom stereocenters. The third-order valence-electron chi connectivity index (χ3n) is 4.83. The molecule has 138 valence electrons. The fraction of sp³-hybridized carbons (Fsp3) is 0.600. The predicted molar refractivity (Wildman–Crippen MR) is 104 cm³/mol. The van der Waals surface area contributed by atoms with E-state index in [9.17, 15) is 4.79 Å². The van der Waals surface area contributed by atoms with Crippen LogP contribution < -0.4 is 16.0 Å². The van der Waals surface area contributed by atoms with E-state index in [0.29, 0.717) is 17.9 Å². The second-order valence-corrected chi connectivity index (χ2v) is 7.02. The van der Waals surface area contributed by atoms with Gasteiger partial charge in [-0.05, 0) is 31.2 Å². The summed E-state index contributed by atoms with van der Waals surface area (Å²) in [4.78, 5) is 16.3. The number of hydrogen-bond acceptors (Lipinski definition) is 2. The van der Waals surface area contributed by atoms with Crippen molar-refractivity contribution in [1.29, 1.82) is 0 Å². The SMILES string of the molecule is CN=C(NCC(=O)NC1CCCCC1)NCC(C)c1ccc(C)cc1. The summed E-state index contributed by atoms with van der Waals surface area (Å²) in [5.74, 6) is 1.08. The number of rotatable bonds is 6. The highest BCUT2D eigenvalue weighted by atomic mass is 16.2. The van der Waals surface area contributed by atoms with E-state index >= 15 is 0 Å². The number of carbonyl (C=O) groups excluding carboxylic acids is 1. The number of nitrogens with one attached hydrogen (secondary N) is 3. The monoisotopic (exact) mass is 344 g/mol. The van der Waals surface area contributed by atoms with Crippen LogP contribution in [0.15, 0.2) is 29.3 Å². The Kier molecular flexibility index (Phi) is 7.76. The van der Waals surface area contributed by atoms with Crippen molar-refractivity contribution in [2.45, 2.75) is 57.9 Å². The first-order valence-corrected chi connectivity index (χ1v) is 9.39. The highest BCUT2D eigenvalue weighted by Gasteiger charge is 2.15. The van der Waals surface area contributed by atoms with Gasteiger partial charge >= 0.3 is 0 Å². The van der Waals surface area contributed by atoms with Crippen LogP contribution in [0.4, 0.5) is 0 Å². The van der Waals surface area contributed by atoms with Crippen molar-refractivity contribution in [2.24, 2.45) is 4.99 Å². The van der Waals surface area contributed by atoms with Gasteiger partial charge < -0.3 is 16.0 Å². The standard InChI is InChI=1S/C20H32N4O/c1-15-9-11-17(12-10-15)16(2)13-22-20(21-3)23-14-19(25)24-18-7-5-4-6-8-18/h9-12,16,18H,4-8,13-14H2,1-3H3,(H,24,25)(H2,21,22,23). The first kappa shape index (κ1) is 19.3. The lowest BCUT2D eigenvalue weighted by Gasteiger charge is -2.23. The normalized spacial score (nSPS) is 17.0. The summed E-state index contributed by atoms with van der Waals surface area (Å²) in [5, 5.41) is 9.51. The molecule has 0 aliphatic heterocycles. The molecule has 1 amide bonds. The van der Waals surface area contributed by atoms with Gasteiger partial charge in [-0.1, -0.05) is 56.0 Å². The summed E-state index contributed by atoms with van der Waals surface area (Å²) in [5.41, 5.74) is 2.56. The summed E-state index contributed by atoms with van der Waals surface area (Å²) in [6.07, 6.45) is 5.94. The number of hydrogen-bond donors (Lipinski definition) is 3. The molecule has 0 radical (unpaired) electrons. The number of aryl methyl sites for hydroxylation is 1. The molecule has 3 N–H and O–H groups in total. The van der Waals surface area contributed by atoms with Crippen molar-refractivity contribution in [1.82, 2.24) is 16.0 Å². The summed E-state index contributed by atoms with van der Waals surface area (Å²) >= 11 is 0. The summed E-state index contributed by atoms with van der Waals surface area (Å²) in [6, 6.07) is 8.94. The Morgan fingerprint density at radius 3 is 2.48 bits per heavy atom. The molecular formula is C20H32N4O. The minimum atomic E-state index is 0.0430. The van der Waals surface area contributed by atoms with Gasteiger partial charge in [-0.2, -0.15) is 0 Å².